The van der Waals surface area contributed by atoms with Crippen molar-refractivity contribution in [1.29, 1.82) is 0 Å². The third-order valence-corrected chi connectivity index (χ3v) is 3.35. The van der Waals surface area contributed by atoms with Gasteiger partial charge in [0.25, 0.3) is 0 Å². The summed E-state index contributed by atoms with van der Waals surface area (Å²) in [5.74, 6) is 1.52. The van der Waals surface area contributed by atoms with Gasteiger partial charge >= 0.3 is 0 Å². The van der Waals surface area contributed by atoms with Crippen LogP contribution in [-0.4, -0.2) is 19.2 Å². The minimum atomic E-state index is 0.744. The predicted octanol–water partition coefficient (Wildman–Crippen LogP) is 4.11. The molecule has 0 N–H and O–H groups in total. The van der Waals surface area contributed by atoms with Crippen molar-refractivity contribution in [2.45, 2.75) is 26.2 Å². The minimum Gasteiger partial charge on any atom is -0.493 e. The summed E-state index contributed by atoms with van der Waals surface area (Å²) in [5.41, 5.74) is 3.35. The van der Waals surface area contributed by atoms with Crippen LogP contribution in [-0.2, 0) is 6.42 Å². The molecule has 0 amide bonds. The van der Waals surface area contributed by atoms with Gasteiger partial charge < -0.3 is 9.47 Å². The number of hydrogen-bond donors (Lipinski definition) is 0. The molecular formula is C17H21NO2. The first kappa shape index (κ1) is 14.4. The number of aromatic nitrogens is 1. The second-order valence-electron chi connectivity index (χ2n) is 4.68. The van der Waals surface area contributed by atoms with Crippen LogP contribution in [0.1, 0.15) is 25.3 Å². The first-order valence-corrected chi connectivity index (χ1v) is 6.96. The van der Waals surface area contributed by atoms with Crippen LogP contribution in [0.5, 0.6) is 11.5 Å². The molecule has 0 aliphatic carbocycles. The van der Waals surface area contributed by atoms with E-state index in [1.54, 1.807) is 14.2 Å². The summed E-state index contributed by atoms with van der Waals surface area (Å²) in [6, 6.07) is 10.0. The summed E-state index contributed by atoms with van der Waals surface area (Å²) >= 11 is 0. The lowest BCUT2D eigenvalue weighted by molar-refractivity contribution is 0.354. The zero-order chi connectivity index (χ0) is 14.4. The lowest BCUT2D eigenvalue weighted by Gasteiger charge is -2.14. The third kappa shape index (κ3) is 3.10. The van der Waals surface area contributed by atoms with E-state index in [9.17, 15) is 0 Å². The molecule has 1 aromatic heterocycles. The average molecular weight is 271 g/mol. The predicted molar refractivity (Wildman–Crippen MR) is 81.4 cm³/mol. The van der Waals surface area contributed by atoms with Crippen molar-refractivity contribution < 1.29 is 9.47 Å². The zero-order valence-electron chi connectivity index (χ0n) is 12.3. The Labute approximate surface area is 120 Å². The van der Waals surface area contributed by atoms with Gasteiger partial charge in [-0.3, -0.25) is 4.98 Å². The van der Waals surface area contributed by atoms with Crippen LogP contribution in [0.15, 0.2) is 36.5 Å². The fourth-order valence-corrected chi connectivity index (χ4v) is 2.26. The van der Waals surface area contributed by atoms with Gasteiger partial charge in [0.15, 0.2) is 11.5 Å². The van der Waals surface area contributed by atoms with Gasteiger partial charge in [-0.2, -0.15) is 0 Å². The van der Waals surface area contributed by atoms with Crippen LogP contribution < -0.4 is 9.47 Å². The summed E-state index contributed by atoms with van der Waals surface area (Å²) in [4.78, 5) is 4.45. The smallest absolute Gasteiger partial charge is 0.161 e. The number of benzene rings is 1. The molecule has 0 radical (unpaired) electrons. The number of unbranched alkanes of at least 4 members (excludes halogenated alkanes) is 1. The molecule has 106 valence electrons. The highest BCUT2D eigenvalue weighted by atomic mass is 16.5. The second-order valence-corrected chi connectivity index (χ2v) is 4.68. The van der Waals surface area contributed by atoms with E-state index in [1.165, 1.54) is 5.56 Å². The van der Waals surface area contributed by atoms with E-state index in [0.717, 1.165) is 42.0 Å². The van der Waals surface area contributed by atoms with Gasteiger partial charge in [-0.25, -0.2) is 0 Å². The van der Waals surface area contributed by atoms with Gasteiger partial charge in [0, 0.05) is 11.8 Å². The Morgan fingerprint density at radius 2 is 1.80 bits per heavy atom. The first-order chi connectivity index (χ1) is 9.80. The number of ether oxygens (including phenoxy) is 2. The normalized spacial score (nSPS) is 10.3. The maximum Gasteiger partial charge on any atom is 0.161 e. The van der Waals surface area contributed by atoms with Gasteiger partial charge in [-0.15, -0.1) is 0 Å². The molecule has 0 bridgehead atoms. The summed E-state index contributed by atoms with van der Waals surface area (Å²) in [5, 5.41) is 0. The monoisotopic (exact) mass is 271 g/mol. The Morgan fingerprint density at radius 1 is 1.05 bits per heavy atom. The van der Waals surface area contributed by atoms with Crippen molar-refractivity contribution in [3.63, 3.8) is 0 Å². The molecule has 0 saturated heterocycles. The van der Waals surface area contributed by atoms with E-state index in [0.29, 0.717) is 0 Å². The number of aryl methyl sites for hydroxylation is 1. The van der Waals surface area contributed by atoms with Crippen molar-refractivity contribution in [2.24, 2.45) is 0 Å². The fourth-order valence-electron chi connectivity index (χ4n) is 2.26. The molecule has 3 heteroatoms. The van der Waals surface area contributed by atoms with Crippen LogP contribution in [0.25, 0.3) is 11.3 Å². The molecule has 3 nitrogen and oxygen atoms in total. The summed E-state index contributed by atoms with van der Waals surface area (Å²) in [6.07, 6.45) is 5.14. The minimum absolute atomic E-state index is 0.744. The Bertz CT molecular complexity index is 552. The van der Waals surface area contributed by atoms with Crippen LogP contribution in [0.3, 0.4) is 0 Å². The van der Waals surface area contributed by atoms with Gasteiger partial charge in [-0.05, 0) is 42.7 Å². The number of methoxy groups -OCH3 is 2. The Balaban J connectivity index is 2.51. The largest absolute Gasteiger partial charge is 0.493 e. The molecule has 0 aliphatic heterocycles. The lowest BCUT2D eigenvalue weighted by Crippen LogP contribution is -1.97. The molecule has 0 atom stereocenters. The van der Waals surface area contributed by atoms with E-state index in [-0.39, 0.29) is 0 Å². The van der Waals surface area contributed by atoms with Gasteiger partial charge in [0.2, 0.25) is 0 Å². The lowest BCUT2D eigenvalue weighted by atomic mass is 9.98. The molecule has 2 aromatic rings. The van der Waals surface area contributed by atoms with Crippen LogP contribution in [0.2, 0.25) is 0 Å². The van der Waals surface area contributed by atoms with E-state index in [2.05, 4.69) is 18.0 Å². The highest BCUT2D eigenvalue weighted by molar-refractivity contribution is 5.68. The number of rotatable bonds is 6. The summed E-state index contributed by atoms with van der Waals surface area (Å²) < 4.78 is 10.8. The highest BCUT2D eigenvalue weighted by Crippen LogP contribution is 2.35. The molecule has 0 aliphatic rings. The van der Waals surface area contributed by atoms with Gasteiger partial charge in [0.1, 0.15) is 0 Å². The molecule has 1 aromatic carbocycles. The summed E-state index contributed by atoms with van der Waals surface area (Å²) in [6.45, 7) is 2.20. The van der Waals surface area contributed by atoms with Gasteiger partial charge in [0.05, 0.1) is 19.9 Å². The number of nitrogens with zero attached hydrogens (tertiary/aromatic N) is 1. The van der Waals surface area contributed by atoms with Crippen molar-refractivity contribution in [1.82, 2.24) is 4.98 Å². The standard InChI is InChI=1S/C17H21NO2/c1-4-5-8-13-11-16(19-2)17(20-3)12-14(13)15-9-6-7-10-18-15/h6-7,9-12H,4-5,8H2,1-3H3. The Morgan fingerprint density at radius 3 is 2.40 bits per heavy atom. The molecule has 0 saturated carbocycles. The third-order valence-electron chi connectivity index (χ3n) is 3.35. The number of hydrogen-bond acceptors (Lipinski definition) is 3. The SMILES string of the molecule is CCCCc1cc(OC)c(OC)cc1-c1ccccn1. The molecule has 20 heavy (non-hydrogen) atoms. The van der Waals surface area contributed by atoms with Gasteiger partial charge in [-0.1, -0.05) is 19.4 Å². The van der Waals surface area contributed by atoms with E-state index < -0.39 is 0 Å². The molecule has 1 heterocycles. The fraction of sp³-hybridized carbons (Fsp3) is 0.353. The van der Waals surface area contributed by atoms with Crippen molar-refractivity contribution in [3.8, 4) is 22.8 Å². The second kappa shape index (κ2) is 6.94. The molecule has 0 unspecified atom stereocenters. The van der Waals surface area contributed by atoms with Crippen molar-refractivity contribution in [3.05, 3.63) is 42.1 Å². The van der Waals surface area contributed by atoms with Crippen molar-refractivity contribution >= 4 is 0 Å². The van der Waals surface area contributed by atoms with E-state index in [1.807, 2.05) is 30.5 Å². The van der Waals surface area contributed by atoms with E-state index >= 15 is 0 Å². The summed E-state index contributed by atoms with van der Waals surface area (Å²) in [7, 11) is 3.33. The zero-order valence-corrected chi connectivity index (χ0v) is 12.3. The maximum absolute atomic E-state index is 5.41. The Hall–Kier alpha value is -2.03. The molecule has 0 spiro atoms. The topological polar surface area (TPSA) is 31.4 Å². The number of pyridine rings is 1. The first-order valence-electron chi connectivity index (χ1n) is 6.96. The quantitative estimate of drug-likeness (QED) is 0.792. The maximum atomic E-state index is 5.41. The van der Waals surface area contributed by atoms with Crippen LogP contribution in [0, 0.1) is 0 Å². The van der Waals surface area contributed by atoms with Crippen molar-refractivity contribution in [2.75, 3.05) is 14.2 Å². The molecule has 2 rings (SSSR count). The highest BCUT2D eigenvalue weighted by Gasteiger charge is 2.13. The average Bonchev–Trinajstić information content (AvgIpc) is 2.52. The van der Waals surface area contributed by atoms with E-state index in [4.69, 9.17) is 9.47 Å². The Kier molecular flexibility index (Phi) is 4.99. The molecular weight excluding hydrogens is 250 g/mol. The van der Waals surface area contributed by atoms with Crippen LogP contribution >= 0.6 is 0 Å². The van der Waals surface area contributed by atoms with Crippen LogP contribution in [0.4, 0.5) is 0 Å². The molecule has 0 fully saturated rings.